The molecule has 3 heteroatoms. The highest BCUT2D eigenvalue weighted by Crippen LogP contribution is 2.13. The van der Waals surface area contributed by atoms with Gasteiger partial charge >= 0.3 is 5.97 Å². The number of esters is 1. The van der Waals surface area contributed by atoms with Crippen LogP contribution in [-0.2, 0) is 4.74 Å². The second-order valence-electron chi connectivity index (χ2n) is 3.81. The lowest BCUT2D eigenvalue weighted by molar-refractivity contribution is 0.0491. The van der Waals surface area contributed by atoms with E-state index in [-0.39, 0.29) is 12.6 Å². The molecule has 0 saturated heterocycles. The predicted octanol–water partition coefficient (Wildman–Crippen LogP) is 2.23. The summed E-state index contributed by atoms with van der Waals surface area (Å²) < 4.78 is 5.12. The molecule has 0 amide bonds. The summed E-state index contributed by atoms with van der Waals surface area (Å²) in [5.74, 6) is -0.279. The van der Waals surface area contributed by atoms with Crippen molar-refractivity contribution in [1.29, 1.82) is 0 Å². The van der Waals surface area contributed by atoms with E-state index in [0.29, 0.717) is 25.0 Å². The minimum absolute atomic E-state index is 0.140. The maximum atomic E-state index is 11.7. The first-order valence-electron chi connectivity index (χ1n) is 5.51. The average molecular weight is 222 g/mol. The Morgan fingerprint density at radius 1 is 1.31 bits per heavy atom. The van der Waals surface area contributed by atoms with Crippen LogP contribution in [0.15, 0.2) is 18.2 Å². The van der Waals surface area contributed by atoms with E-state index >= 15 is 0 Å². The summed E-state index contributed by atoms with van der Waals surface area (Å²) in [5, 5.41) is 8.59. The molecule has 0 aromatic heterocycles. The van der Waals surface area contributed by atoms with E-state index in [1.54, 1.807) is 6.07 Å². The van der Waals surface area contributed by atoms with E-state index in [9.17, 15) is 4.79 Å². The Labute approximate surface area is 96.1 Å². The number of ether oxygens (including phenoxy) is 1. The smallest absolute Gasteiger partial charge is 0.338 e. The van der Waals surface area contributed by atoms with Crippen molar-refractivity contribution in [3.05, 3.63) is 34.9 Å². The molecule has 0 atom stereocenters. The molecule has 0 aliphatic rings. The highest BCUT2D eigenvalue weighted by molar-refractivity contribution is 5.91. The lowest BCUT2D eigenvalue weighted by Gasteiger charge is -2.08. The molecular formula is C13H18O3. The molecule has 1 rings (SSSR count). The van der Waals surface area contributed by atoms with E-state index in [1.807, 2.05) is 26.0 Å². The SMILES string of the molecule is Cc1cccc(C(=O)OCCCCO)c1C. The van der Waals surface area contributed by atoms with E-state index in [4.69, 9.17) is 9.84 Å². The van der Waals surface area contributed by atoms with Crippen LogP contribution in [0.4, 0.5) is 0 Å². The van der Waals surface area contributed by atoms with Crippen LogP contribution in [0.3, 0.4) is 0 Å². The molecule has 3 nitrogen and oxygen atoms in total. The van der Waals surface area contributed by atoms with Crippen molar-refractivity contribution in [2.45, 2.75) is 26.7 Å². The number of unbranched alkanes of at least 4 members (excludes halogenated alkanes) is 1. The minimum Gasteiger partial charge on any atom is -0.462 e. The zero-order chi connectivity index (χ0) is 12.0. The standard InChI is InChI=1S/C13H18O3/c1-10-6-5-7-12(11(10)2)13(15)16-9-4-3-8-14/h5-7,14H,3-4,8-9H2,1-2H3. The van der Waals surface area contributed by atoms with Crippen molar-refractivity contribution in [3.8, 4) is 0 Å². The quantitative estimate of drug-likeness (QED) is 0.614. The molecule has 0 radical (unpaired) electrons. The van der Waals surface area contributed by atoms with Crippen molar-refractivity contribution in [2.75, 3.05) is 13.2 Å². The minimum atomic E-state index is -0.279. The van der Waals surface area contributed by atoms with Crippen LogP contribution in [0.5, 0.6) is 0 Å². The van der Waals surface area contributed by atoms with Gasteiger partial charge in [0.2, 0.25) is 0 Å². The van der Waals surface area contributed by atoms with Gasteiger partial charge in [0.1, 0.15) is 0 Å². The summed E-state index contributed by atoms with van der Waals surface area (Å²) in [6.45, 7) is 4.39. The summed E-state index contributed by atoms with van der Waals surface area (Å²) >= 11 is 0. The van der Waals surface area contributed by atoms with Crippen molar-refractivity contribution >= 4 is 5.97 Å². The van der Waals surface area contributed by atoms with Crippen molar-refractivity contribution in [3.63, 3.8) is 0 Å². The van der Waals surface area contributed by atoms with Crippen LogP contribution in [0.1, 0.15) is 34.3 Å². The Morgan fingerprint density at radius 2 is 2.06 bits per heavy atom. The molecule has 0 unspecified atom stereocenters. The summed E-state index contributed by atoms with van der Waals surface area (Å²) in [7, 11) is 0. The van der Waals surface area contributed by atoms with E-state index < -0.39 is 0 Å². The maximum Gasteiger partial charge on any atom is 0.338 e. The monoisotopic (exact) mass is 222 g/mol. The third-order valence-corrected chi connectivity index (χ3v) is 2.61. The largest absolute Gasteiger partial charge is 0.462 e. The van der Waals surface area contributed by atoms with Gasteiger partial charge in [-0.05, 0) is 43.9 Å². The summed E-state index contributed by atoms with van der Waals surface area (Å²) in [5.41, 5.74) is 2.68. The van der Waals surface area contributed by atoms with Gasteiger partial charge in [0.05, 0.1) is 12.2 Å². The van der Waals surface area contributed by atoms with Crippen molar-refractivity contribution in [1.82, 2.24) is 0 Å². The number of hydrogen-bond donors (Lipinski definition) is 1. The number of carbonyl (C=O) groups excluding carboxylic acids is 1. The molecule has 88 valence electrons. The number of aliphatic hydroxyl groups is 1. The molecule has 0 aliphatic heterocycles. The lowest BCUT2D eigenvalue weighted by Crippen LogP contribution is -2.09. The fourth-order valence-electron chi connectivity index (χ4n) is 1.43. The first-order valence-corrected chi connectivity index (χ1v) is 5.51. The Balaban J connectivity index is 2.56. The zero-order valence-electron chi connectivity index (χ0n) is 9.82. The summed E-state index contributed by atoms with van der Waals surface area (Å²) in [4.78, 5) is 11.7. The Morgan fingerprint density at radius 3 is 2.75 bits per heavy atom. The lowest BCUT2D eigenvalue weighted by atomic mass is 10.0. The predicted molar refractivity (Wildman–Crippen MR) is 62.5 cm³/mol. The average Bonchev–Trinajstić information content (AvgIpc) is 2.28. The van der Waals surface area contributed by atoms with E-state index in [1.165, 1.54) is 0 Å². The summed E-state index contributed by atoms with van der Waals surface area (Å²) in [6.07, 6.45) is 1.37. The molecule has 0 aliphatic carbocycles. The highest BCUT2D eigenvalue weighted by atomic mass is 16.5. The van der Waals surface area contributed by atoms with E-state index in [0.717, 1.165) is 11.1 Å². The van der Waals surface area contributed by atoms with Gasteiger partial charge in [-0.3, -0.25) is 0 Å². The number of aryl methyl sites for hydroxylation is 1. The van der Waals surface area contributed by atoms with Crippen LogP contribution in [0, 0.1) is 13.8 Å². The first-order chi connectivity index (χ1) is 7.66. The van der Waals surface area contributed by atoms with Crippen LogP contribution >= 0.6 is 0 Å². The van der Waals surface area contributed by atoms with Crippen LogP contribution in [-0.4, -0.2) is 24.3 Å². The maximum absolute atomic E-state index is 11.7. The van der Waals surface area contributed by atoms with Gasteiger partial charge < -0.3 is 9.84 Å². The molecule has 1 N–H and O–H groups in total. The van der Waals surface area contributed by atoms with Gasteiger partial charge in [-0.15, -0.1) is 0 Å². The number of rotatable bonds is 5. The van der Waals surface area contributed by atoms with Gasteiger partial charge in [0, 0.05) is 6.61 Å². The van der Waals surface area contributed by atoms with Crippen LogP contribution < -0.4 is 0 Å². The van der Waals surface area contributed by atoms with E-state index in [2.05, 4.69) is 0 Å². The molecule has 0 fully saturated rings. The van der Waals surface area contributed by atoms with Gasteiger partial charge in [-0.2, -0.15) is 0 Å². The second kappa shape index (κ2) is 6.28. The summed E-state index contributed by atoms with van der Waals surface area (Å²) in [6, 6.07) is 5.60. The first kappa shape index (κ1) is 12.7. The Bertz CT molecular complexity index is 358. The number of carbonyl (C=O) groups is 1. The number of benzene rings is 1. The fraction of sp³-hybridized carbons (Fsp3) is 0.462. The molecule has 1 aromatic carbocycles. The van der Waals surface area contributed by atoms with Gasteiger partial charge in [-0.1, -0.05) is 12.1 Å². The molecule has 0 heterocycles. The Hall–Kier alpha value is -1.35. The Kier molecular flexibility index (Phi) is 4.99. The highest BCUT2D eigenvalue weighted by Gasteiger charge is 2.10. The molecule has 1 aromatic rings. The second-order valence-corrected chi connectivity index (χ2v) is 3.81. The fourth-order valence-corrected chi connectivity index (χ4v) is 1.43. The van der Waals surface area contributed by atoms with Crippen LogP contribution in [0.25, 0.3) is 0 Å². The third-order valence-electron chi connectivity index (χ3n) is 2.61. The zero-order valence-corrected chi connectivity index (χ0v) is 9.82. The molecule has 16 heavy (non-hydrogen) atoms. The van der Waals surface area contributed by atoms with Gasteiger partial charge in [0.25, 0.3) is 0 Å². The topological polar surface area (TPSA) is 46.5 Å². The molecular weight excluding hydrogens is 204 g/mol. The molecule has 0 bridgehead atoms. The van der Waals surface area contributed by atoms with Crippen LogP contribution in [0.2, 0.25) is 0 Å². The number of aliphatic hydroxyl groups excluding tert-OH is 1. The number of hydrogen-bond acceptors (Lipinski definition) is 3. The van der Waals surface area contributed by atoms with Gasteiger partial charge in [-0.25, -0.2) is 4.79 Å². The van der Waals surface area contributed by atoms with Crippen molar-refractivity contribution < 1.29 is 14.6 Å². The third kappa shape index (κ3) is 3.35. The molecule has 0 spiro atoms. The van der Waals surface area contributed by atoms with Gasteiger partial charge in [0.15, 0.2) is 0 Å². The van der Waals surface area contributed by atoms with Crippen molar-refractivity contribution in [2.24, 2.45) is 0 Å². The molecule has 0 saturated carbocycles. The normalized spacial score (nSPS) is 10.2.